The number of rotatable bonds is 13. The van der Waals surface area contributed by atoms with E-state index in [-0.39, 0.29) is 64.7 Å². The zero-order chi connectivity index (χ0) is 43.9. The summed E-state index contributed by atoms with van der Waals surface area (Å²) in [4.78, 5) is 61.9. The molecule has 3 fully saturated rings. The molecule has 1 atom stereocenters. The molecule has 8 rings (SSSR count). The number of hydrogen-bond acceptors (Lipinski definition) is 11. The third-order valence-corrected chi connectivity index (χ3v) is 14.5. The first kappa shape index (κ1) is 43.7. The fourth-order valence-electron chi connectivity index (χ4n) is 9.33. The van der Waals surface area contributed by atoms with Crippen molar-refractivity contribution in [2.75, 3.05) is 38.1 Å². The fourth-order valence-corrected chi connectivity index (χ4v) is 10.6. The first-order valence-electron chi connectivity index (χ1n) is 21.5. The van der Waals surface area contributed by atoms with Crippen molar-refractivity contribution in [1.29, 1.82) is 0 Å². The van der Waals surface area contributed by atoms with Crippen LogP contribution in [0.15, 0.2) is 63.1 Å². The Bertz CT molecular complexity index is 2750. The molecule has 3 N–H and O–H groups in total. The first-order chi connectivity index (χ1) is 29.7. The fraction of sp³-hybridized carbons (Fsp3) is 0.500. The Morgan fingerprint density at radius 1 is 0.952 bits per heavy atom. The van der Waals surface area contributed by atoms with Gasteiger partial charge in [0, 0.05) is 49.9 Å². The number of aromatic nitrogens is 5. The van der Waals surface area contributed by atoms with Crippen LogP contribution < -0.4 is 26.6 Å². The van der Waals surface area contributed by atoms with Gasteiger partial charge in [-0.3, -0.25) is 33.4 Å². The van der Waals surface area contributed by atoms with Gasteiger partial charge >= 0.3 is 5.69 Å². The molecule has 1 aliphatic carbocycles. The number of pyridine rings is 1. The van der Waals surface area contributed by atoms with E-state index in [0.717, 1.165) is 63.7 Å². The van der Waals surface area contributed by atoms with Gasteiger partial charge in [0.2, 0.25) is 27.8 Å². The third kappa shape index (κ3) is 9.09. The number of aryl methyl sites for hydroxylation is 2. The smallest absolute Gasteiger partial charge is 0.329 e. The predicted molar refractivity (Wildman–Crippen MR) is 238 cm³/mol. The van der Waals surface area contributed by atoms with Crippen LogP contribution in [0.2, 0.25) is 5.02 Å². The number of halogens is 1. The summed E-state index contributed by atoms with van der Waals surface area (Å²) in [5.74, 6) is 0.517. The Balaban J connectivity index is 0.767. The van der Waals surface area contributed by atoms with Crippen LogP contribution in [-0.2, 0) is 31.4 Å². The molecule has 1 saturated carbocycles. The van der Waals surface area contributed by atoms with E-state index in [0.29, 0.717) is 46.1 Å². The monoisotopic (exact) mass is 887 g/mol. The summed E-state index contributed by atoms with van der Waals surface area (Å²) in [5.41, 5.74) is 3.89. The van der Waals surface area contributed by atoms with Crippen LogP contribution in [0.25, 0.3) is 22.1 Å². The van der Waals surface area contributed by atoms with E-state index in [1.165, 1.54) is 20.8 Å². The summed E-state index contributed by atoms with van der Waals surface area (Å²) >= 11 is 6.15. The second-order valence-corrected chi connectivity index (χ2v) is 19.4. The standard InChI is InChI=1S/C44H54ClN9O7S/c1-26(2)53-40-31(22-34(45)42(53)57)24-46-43(50-40)48-35-11-10-33(21-27(35)3)62(59,60)47-17-20-61-32-8-5-28(6-9-32)25-52-18-15-29(16-19-52)30-7-12-36-38(23-30)51(4)44(58)54(36)37-13-14-39(55)49-41(37)56/h7,10-12,21-24,26,28-29,32,37,47H,5-6,8-9,13-20,25H2,1-4H3,(H,46,48,50)(H,49,55,56)/t28-,32-,37?. The number of piperidine rings is 2. The van der Waals surface area contributed by atoms with E-state index in [1.807, 2.05) is 19.9 Å². The number of imidazole rings is 1. The van der Waals surface area contributed by atoms with Gasteiger partial charge in [-0.15, -0.1) is 0 Å². The van der Waals surface area contributed by atoms with E-state index in [1.54, 1.807) is 42.9 Å². The number of imide groups is 1. The van der Waals surface area contributed by atoms with Gasteiger partial charge in [0.05, 0.1) is 28.6 Å². The van der Waals surface area contributed by atoms with E-state index in [2.05, 4.69) is 42.4 Å². The van der Waals surface area contributed by atoms with Crippen LogP contribution in [0, 0.1) is 12.8 Å². The molecule has 2 aromatic carbocycles. The van der Waals surface area contributed by atoms with E-state index < -0.39 is 22.0 Å². The summed E-state index contributed by atoms with van der Waals surface area (Å²) < 4.78 is 39.9. The van der Waals surface area contributed by atoms with E-state index >= 15 is 0 Å². The molecular formula is C44H54ClN9O7S. The van der Waals surface area contributed by atoms with Crippen molar-refractivity contribution < 1.29 is 22.7 Å². The number of hydrogen-bond donors (Lipinski definition) is 3. The highest BCUT2D eigenvalue weighted by Gasteiger charge is 2.32. The molecule has 3 aliphatic rings. The molecule has 330 valence electrons. The van der Waals surface area contributed by atoms with Gasteiger partial charge in [0.15, 0.2) is 0 Å². The minimum absolute atomic E-state index is 0.0977. The molecule has 0 spiro atoms. The lowest BCUT2D eigenvalue weighted by molar-refractivity contribution is -0.135. The highest BCUT2D eigenvalue weighted by atomic mass is 35.5. The summed E-state index contributed by atoms with van der Waals surface area (Å²) in [6.45, 7) is 9.07. The highest BCUT2D eigenvalue weighted by molar-refractivity contribution is 7.89. The topological polar surface area (TPSA) is 192 Å². The summed E-state index contributed by atoms with van der Waals surface area (Å²) in [6, 6.07) is 11.6. The van der Waals surface area contributed by atoms with E-state index in [4.69, 9.17) is 16.3 Å². The normalized spacial score (nSPS) is 20.6. The number of carbonyl (C=O) groups excluding carboxylic acids is 2. The first-order valence-corrected chi connectivity index (χ1v) is 23.4. The average Bonchev–Trinajstić information content (AvgIpc) is 3.49. The molecule has 2 aliphatic heterocycles. The maximum Gasteiger partial charge on any atom is 0.329 e. The Morgan fingerprint density at radius 3 is 2.42 bits per heavy atom. The number of nitrogens with one attached hydrogen (secondary N) is 3. The number of fused-ring (bicyclic) bond motifs is 2. The van der Waals surface area contributed by atoms with Gasteiger partial charge in [0.1, 0.15) is 16.7 Å². The molecule has 62 heavy (non-hydrogen) atoms. The molecule has 5 heterocycles. The van der Waals surface area contributed by atoms with Gasteiger partial charge in [0.25, 0.3) is 5.56 Å². The summed E-state index contributed by atoms with van der Waals surface area (Å²) in [5, 5.41) is 6.25. The average molecular weight is 888 g/mol. The number of ether oxygens (including phenoxy) is 1. The van der Waals surface area contributed by atoms with Crippen LogP contribution in [0.3, 0.4) is 0 Å². The second-order valence-electron chi connectivity index (χ2n) is 17.2. The quantitative estimate of drug-likeness (QED) is 0.101. The lowest BCUT2D eigenvalue weighted by Gasteiger charge is -2.36. The zero-order valence-electron chi connectivity index (χ0n) is 35.5. The van der Waals surface area contributed by atoms with Crippen molar-refractivity contribution in [3.05, 3.63) is 85.6 Å². The van der Waals surface area contributed by atoms with Gasteiger partial charge < -0.3 is 15.0 Å². The van der Waals surface area contributed by atoms with Crippen molar-refractivity contribution in [3.8, 4) is 0 Å². The minimum atomic E-state index is -3.78. The van der Waals surface area contributed by atoms with Crippen molar-refractivity contribution in [2.45, 2.75) is 101 Å². The molecule has 2 saturated heterocycles. The Labute approximate surface area is 365 Å². The molecule has 5 aromatic rings. The molecule has 2 amide bonds. The summed E-state index contributed by atoms with van der Waals surface area (Å²) in [7, 11) is -2.04. The van der Waals surface area contributed by atoms with Gasteiger partial charge in [-0.1, -0.05) is 17.7 Å². The molecule has 16 nitrogen and oxygen atoms in total. The molecule has 0 radical (unpaired) electrons. The number of nitrogens with zero attached hydrogens (tertiary/aromatic N) is 6. The SMILES string of the molecule is Cc1cc(S(=O)(=O)NCCO[C@H]2CC[C@H](CN3CCC(c4ccc5c(c4)n(C)c(=O)n5C4CCC(=O)NC4=O)CC3)CC2)ccc1Nc1ncc2cc(Cl)c(=O)n(C(C)C)c2n1. The lowest BCUT2D eigenvalue weighted by atomic mass is 9.85. The minimum Gasteiger partial charge on any atom is -0.377 e. The Morgan fingerprint density at radius 2 is 1.71 bits per heavy atom. The number of anilines is 2. The van der Waals surface area contributed by atoms with Gasteiger partial charge in [-0.05, 0) is 138 Å². The van der Waals surface area contributed by atoms with Crippen molar-refractivity contribution in [3.63, 3.8) is 0 Å². The van der Waals surface area contributed by atoms with E-state index in [9.17, 15) is 27.6 Å². The second kappa shape index (κ2) is 18.0. The molecule has 18 heteroatoms. The predicted octanol–water partition coefficient (Wildman–Crippen LogP) is 5.44. The highest BCUT2D eigenvalue weighted by Crippen LogP contribution is 2.34. The largest absolute Gasteiger partial charge is 0.377 e. The Hall–Kier alpha value is -4.94. The maximum absolute atomic E-state index is 13.2. The Kier molecular flexibility index (Phi) is 12.7. The molecule has 0 bridgehead atoms. The number of likely N-dealkylation sites (tertiary alicyclic amines) is 1. The van der Waals surface area contributed by atoms with Gasteiger partial charge in [-0.2, -0.15) is 4.98 Å². The number of carbonyl (C=O) groups is 2. The number of sulfonamides is 1. The zero-order valence-corrected chi connectivity index (χ0v) is 37.1. The number of amides is 2. The third-order valence-electron chi connectivity index (χ3n) is 12.8. The van der Waals surface area contributed by atoms with Crippen molar-refractivity contribution in [2.24, 2.45) is 13.0 Å². The van der Waals surface area contributed by atoms with Crippen molar-refractivity contribution >= 4 is 67.1 Å². The van der Waals surface area contributed by atoms with Crippen LogP contribution in [-0.4, -0.2) is 87.7 Å². The molecular weight excluding hydrogens is 834 g/mol. The van der Waals surface area contributed by atoms with Crippen LogP contribution in [0.1, 0.15) is 94.3 Å². The maximum atomic E-state index is 13.2. The lowest BCUT2D eigenvalue weighted by Crippen LogP contribution is -2.44. The summed E-state index contributed by atoms with van der Waals surface area (Å²) in [6.07, 6.45) is 8.33. The van der Waals surface area contributed by atoms with Gasteiger partial charge in [-0.25, -0.2) is 22.9 Å². The molecule has 1 unspecified atom stereocenters. The van der Waals surface area contributed by atoms with Crippen molar-refractivity contribution in [1.82, 2.24) is 38.6 Å². The number of benzene rings is 2. The van der Waals surface area contributed by atoms with Crippen LogP contribution in [0.4, 0.5) is 11.6 Å². The molecule has 3 aromatic heterocycles. The van der Waals surface area contributed by atoms with Crippen LogP contribution in [0.5, 0.6) is 0 Å². The van der Waals surface area contributed by atoms with Crippen LogP contribution >= 0.6 is 11.6 Å².